The van der Waals surface area contributed by atoms with Crippen molar-refractivity contribution in [1.82, 2.24) is 4.90 Å². The molecule has 0 unspecified atom stereocenters. The van der Waals surface area contributed by atoms with Gasteiger partial charge in [0.2, 0.25) is 0 Å². The van der Waals surface area contributed by atoms with Gasteiger partial charge in [-0.05, 0) is 30.9 Å². The van der Waals surface area contributed by atoms with Gasteiger partial charge in [0.15, 0.2) is 0 Å². The molecule has 1 aromatic rings. The molecule has 16 heavy (non-hydrogen) atoms. The lowest BCUT2D eigenvalue weighted by Gasteiger charge is -2.20. The van der Waals surface area contributed by atoms with Crippen molar-refractivity contribution in [2.45, 2.75) is 25.3 Å². The molecule has 3 heteroatoms. The van der Waals surface area contributed by atoms with Crippen LogP contribution in [-0.4, -0.2) is 35.7 Å². The molecule has 0 heterocycles. The number of benzene rings is 1. The predicted molar refractivity (Wildman–Crippen MR) is 66.2 cm³/mol. The van der Waals surface area contributed by atoms with Crippen LogP contribution in [0.15, 0.2) is 24.3 Å². The van der Waals surface area contributed by atoms with Gasteiger partial charge in [0, 0.05) is 24.8 Å². The average Bonchev–Trinajstić information content (AvgIpc) is 3.10. The van der Waals surface area contributed by atoms with E-state index in [1.807, 2.05) is 18.2 Å². The third-order valence-electron chi connectivity index (χ3n) is 3.17. The lowest BCUT2D eigenvalue weighted by molar-refractivity contribution is 0.191. The van der Waals surface area contributed by atoms with Crippen molar-refractivity contribution < 1.29 is 5.11 Å². The third kappa shape index (κ3) is 2.97. The fourth-order valence-electron chi connectivity index (χ4n) is 2.07. The highest BCUT2D eigenvalue weighted by atomic mass is 16.3. The summed E-state index contributed by atoms with van der Waals surface area (Å²) in [7, 11) is 0. The summed E-state index contributed by atoms with van der Waals surface area (Å²) in [6.07, 6.45) is 3.54. The predicted octanol–water partition coefficient (Wildman–Crippen LogP) is 1.27. The first-order valence-electron chi connectivity index (χ1n) is 5.99. The number of rotatable bonds is 6. The molecule has 0 amide bonds. The highest BCUT2D eigenvalue weighted by Crippen LogP contribution is 2.26. The Kier molecular flexibility index (Phi) is 3.80. The van der Waals surface area contributed by atoms with E-state index in [-0.39, 0.29) is 6.61 Å². The molecule has 0 aliphatic heterocycles. The van der Waals surface area contributed by atoms with Gasteiger partial charge in [-0.25, -0.2) is 0 Å². The van der Waals surface area contributed by atoms with Crippen LogP contribution in [0, 0.1) is 0 Å². The van der Waals surface area contributed by atoms with E-state index in [0.717, 1.165) is 25.2 Å². The van der Waals surface area contributed by atoms with Gasteiger partial charge >= 0.3 is 0 Å². The van der Waals surface area contributed by atoms with Crippen molar-refractivity contribution in [2.75, 3.05) is 25.4 Å². The van der Waals surface area contributed by atoms with E-state index >= 15 is 0 Å². The standard InChI is InChI=1S/C13H20N2O/c14-13-4-2-1-3-11(13)7-8-15(9-10-16)12-5-6-12/h1-4,12,16H,5-10,14H2. The van der Waals surface area contributed by atoms with Crippen LogP contribution in [0.4, 0.5) is 5.69 Å². The van der Waals surface area contributed by atoms with Crippen molar-refractivity contribution in [2.24, 2.45) is 0 Å². The molecule has 1 aliphatic carbocycles. The molecule has 0 bridgehead atoms. The summed E-state index contributed by atoms with van der Waals surface area (Å²) >= 11 is 0. The Morgan fingerprint density at radius 2 is 2.00 bits per heavy atom. The fourth-order valence-corrected chi connectivity index (χ4v) is 2.07. The van der Waals surface area contributed by atoms with E-state index < -0.39 is 0 Å². The summed E-state index contributed by atoms with van der Waals surface area (Å²) in [5.74, 6) is 0. The van der Waals surface area contributed by atoms with Crippen LogP contribution < -0.4 is 5.73 Å². The van der Waals surface area contributed by atoms with Gasteiger partial charge in [-0.3, -0.25) is 4.90 Å². The maximum absolute atomic E-state index is 9.00. The van der Waals surface area contributed by atoms with E-state index in [2.05, 4.69) is 11.0 Å². The molecule has 3 N–H and O–H groups in total. The number of nitrogens with zero attached hydrogens (tertiary/aromatic N) is 1. The molecule has 1 aliphatic rings. The van der Waals surface area contributed by atoms with Crippen molar-refractivity contribution in [3.63, 3.8) is 0 Å². The van der Waals surface area contributed by atoms with Crippen LogP contribution in [0.25, 0.3) is 0 Å². The molecule has 0 radical (unpaired) electrons. The molecule has 3 nitrogen and oxygen atoms in total. The quantitative estimate of drug-likeness (QED) is 0.710. The Morgan fingerprint density at radius 1 is 1.25 bits per heavy atom. The van der Waals surface area contributed by atoms with E-state index in [1.54, 1.807) is 0 Å². The molecular formula is C13H20N2O. The highest BCUT2D eigenvalue weighted by Gasteiger charge is 2.27. The zero-order valence-corrected chi connectivity index (χ0v) is 9.60. The van der Waals surface area contributed by atoms with Crippen LogP contribution in [-0.2, 0) is 6.42 Å². The number of hydrogen-bond donors (Lipinski definition) is 2. The number of nitrogens with two attached hydrogens (primary N) is 1. The first-order chi connectivity index (χ1) is 7.81. The number of hydrogen-bond acceptors (Lipinski definition) is 3. The number of para-hydroxylation sites is 1. The van der Waals surface area contributed by atoms with Crippen molar-refractivity contribution in [3.8, 4) is 0 Å². The molecule has 2 rings (SSSR count). The van der Waals surface area contributed by atoms with Gasteiger partial charge in [0.1, 0.15) is 0 Å². The highest BCUT2D eigenvalue weighted by molar-refractivity contribution is 5.46. The Labute approximate surface area is 96.9 Å². The van der Waals surface area contributed by atoms with Crippen molar-refractivity contribution >= 4 is 5.69 Å². The monoisotopic (exact) mass is 220 g/mol. The molecule has 88 valence electrons. The lowest BCUT2D eigenvalue weighted by atomic mass is 10.1. The van der Waals surface area contributed by atoms with Crippen molar-refractivity contribution in [1.29, 1.82) is 0 Å². The van der Waals surface area contributed by atoms with Crippen LogP contribution in [0.5, 0.6) is 0 Å². The van der Waals surface area contributed by atoms with Gasteiger partial charge < -0.3 is 10.8 Å². The minimum absolute atomic E-state index is 0.251. The van der Waals surface area contributed by atoms with E-state index in [0.29, 0.717) is 6.04 Å². The largest absolute Gasteiger partial charge is 0.399 e. The minimum atomic E-state index is 0.251. The van der Waals surface area contributed by atoms with E-state index in [9.17, 15) is 0 Å². The maximum Gasteiger partial charge on any atom is 0.0558 e. The zero-order chi connectivity index (χ0) is 11.4. The maximum atomic E-state index is 9.00. The first-order valence-corrected chi connectivity index (χ1v) is 5.99. The third-order valence-corrected chi connectivity index (χ3v) is 3.17. The summed E-state index contributed by atoms with van der Waals surface area (Å²) in [6.45, 7) is 2.04. The Bertz CT molecular complexity index is 336. The van der Waals surface area contributed by atoms with Crippen LogP contribution in [0.1, 0.15) is 18.4 Å². The zero-order valence-electron chi connectivity index (χ0n) is 9.60. The Balaban J connectivity index is 1.87. The Hall–Kier alpha value is -1.06. The Morgan fingerprint density at radius 3 is 2.62 bits per heavy atom. The normalized spacial score (nSPS) is 15.6. The summed E-state index contributed by atoms with van der Waals surface area (Å²) in [5.41, 5.74) is 8.00. The second kappa shape index (κ2) is 5.32. The molecule has 0 aromatic heterocycles. The molecule has 1 fully saturated rings. The number of aliphatic hydroxyl groups excluding tert-OH is 1. The summed E-state index contributed by atoms with van der Waals surface area (Å²) in [4.78, 5) is 2.37. The van der Waals surface area contributed by atoms with Gasteiger partial charge in [-0.2, -0.15) is 0 Å². The number of anilines is 1. The van der Waals surface area contributed by atoms with Crippen LogP contribution >= 0.6 is 0 Å². The lowest BCUT2D eigenvalue weighted by Crippen LogP contribution is -2.31. The molecule has 0 spiro atoms. The summed E-state index contributed by atoms with van der Waals surface area (Å²) in [5, 5.41) is 9.00. The van der Waals surface area contributed by atoms with Gasteiger partial charge in [0.05, 0.1) is 6.61 Å². The van der Waals surface area contributed by atoms with Crippen molar-refractivity contribution in [3.05, 3.63) is 29.8 Å². The molecule has 0 saturated heterocycles. The van der Waals surface area contributed by atoms with Gasteiger partial charge in [-0.1, -0.05) is 18.2 Å². The first kappa shape index (κ1) is 11.4. The molecule has 1 saturated carbocycles. The summed E-state index contributed by atoms with van der Waals surface area (Å²) in [6, 6.07) is 8.73. The SMILES string of the molecule is Nc1ccccc1CCN(CCO)C1CC1. The molecule has 1 aromatic carbocycles. The topological polar surface area (TPSA) is 49.5 Å². The minimum Gasteiger partial charge on any atom is -0.399 e. The van der Waals surface area contributed by atoms with Gasteiger partial charge in [-0.15, -0.1) is 0 Å². The number of nitrogen functional groups attached to an aromatic ring is 1. The fraction of sp³-hybridized carbons (Fsp3) is 0.538. The van der Waals surface area contributed by atoms with Crippen LogP contribution in [0.3, 0.4) is 0 Å². The molecule has 0 atom stereocenters. The molecular weight excluding hydrogens is 200 g/mol. The average molecular weight is 220 g/mol. The second-order valence-electron chi connectivity index (χ2n) is 4.44. The van der Waals surface area contributed by atoms with E-state index in [1.165, 1.54) is 18.4 Å². The van der Waals surface area contributed by atoms with Gasteiger partial charge in [0.25, 0.3) is 0 Å². The second-order valence-corrected chi connectivity index (χ2v) is 4.44. The summed E-state index contributed by atoms with van der Waals surface area (Å²) < 4.78 is 0. The number of aliphatic hydroxyl groups is 1. The van der Waals surface area contributed by atoms with Crippen LogP contribution in [0.2, 0.25) is 0 Å². The smallest absolute Gasteiger partial charge is 0.0558 e. The van der Waals surface area contributed by atoms with E-state index in [4.69, 9.17) is 10.8 Å².